The van der Waals surface area contributed by atoms with Crippen LogP contribution in [0, 0.1) is 0 Å². The fourth-order valence-electron chi connectivity index (χ4n) is 3.33. The van der Waals surface area contributed by atoms with Gasteiger partial charge in [-0.2, -0.15) is 4.98 Å². The molecule has 4 aromatic rings. The highest BCUT2D eigenvalue weighted by molar-refractivity contribution is 7.89. The first kappa shape index (κ1) is 23.8. The van der Waals surface area contributed by atoms with E-state index in [1.54, 1.807) is 48.5 Å². The van der Waals surface area contributed by atoms with E-state index in [2.05, 4.69) is 15.2 Å². The van der Waals surface area contributed by atoms with Crippen LogP contribution in [0.4, 0.5) is 0 Å². The van der Waals surface area contributed by atoms with Crippen molar-refractivity contribution in [1.29, 1.82) is 0 Å². The highest BCUT2D eigenvalue weighted by atomic mass is 32.2. The minimum absolute atomic E-state index is 0.0435. The Morgan fingerprint density at radius 3 is 2.26 bits per heavy atom. The quantitative estimate of drug-likeness (QED) is 0.363. The molecule has 35 heavy (non-hydrogen) atoms. The molecule has 1 N–H and O–H groups in total. The maximum atomic E-state index is 13.2. The molecule has 0 aliphatic rings. The predicted octanol–water partition coefficient (Wildman–Crippen LogP) is 2.21. The van der Waals surface area contributed by atoms with Crippen LogP contribution in [0.15, 0.2) is 59.2 Å². The van der Waals surface area contributed by atoms with E-state index in [-0.39, 0.29) is 29.1 Å². The van der Waals surface area contributed by atoms with Gasteiger partial charge in [0.1, 0.15) is 23.4 Å². The summed E-state index contributed by atoms with van der Waals surface area (Å²) < 4.78 is 49.9. The Balaban J connectivity index is 1.82. The average molecular weight is 500 g/mol. The molecular weight excluding hydrogens is 478 g/mol. The monoisotopic (exact) mass is 499 g/mol. The summed E-state index contributed by atoms with van der Waals surface area (Å²) in [6, 6.07) is 13.4. The molecule has 0 spiro atoms. The van der Waals surface area contributed by atoms with Gasteiger partial charge in [0.25, 0.3) is 0 Å². The summed E-state index contributed by atoms with van der Waals surface area (Å²) in [7, 11) is 0.182. The molecule has 4 rings (SSSR count). The van der Waals surface area contributed by atoms with Crippen molar-refractivity contribution in [3.8, 4) is 34.8 Å². The average Bonchev–Trinajstić information content (AvgIpc) is 3.50. The van der Waals surface area contributed by atoms with Crippen molar-refractivity contribution in [2.75, 3.05) is 21.3 Å². The molecule has 0 fully saturated rings. The number of nitrogens with one attached hydrogen (secondary N) is 1. The van der Waals surface area contributed by atoms with Crippen molar-refractivity contribution >= 4 is 15.9 Å². The minimum atomic E-state index is -4.06. The molecule has 12 nitrogen and oxygen atoms in total. The summed E-state index contributed by atoms with van der Waals surface area (Å²) in [5.41, 5.74) is 0.939. The third-order valence-corrected chi connectivity index (χ3v) is 6.04. The van der Waals surface area contributed by atoms with Gasteiger partial charge in [-0.15, -0.1) is 10.2 Å². The summed E-state index contributed by atoms with van der Waals surface area (Å²) in [5.74, 6) is -1.09. The van der Waals surface area contributed by atoms with Crippen molar-refractivity contribution in [3.63, 3.8) is 0 Å². The Hall–Kier alpha value is -4.39. The molecule has 0 aliphatic carbocycles. The molecule has 2 aromatic heterocycles. The van der Waals surface area contributed by atoms with Crippen LogP contribution in [0.25, 0.3) is 17.2 Å². The van der Waals surface area contributed by atoms with E-state index in [0.29, 0.717) is 17.1 Å². The molecule has 0 radical (unpaired) electrons. The first-order valence-corrected chi connectivity index (χ1v) is 11.8. The molecule has 13 heteroatoms. The third kappa shape index (κ3) is 4.94. The maximum Gasteiger partial charge on any atom is 0.393 e. The largest absolute Gasteiger partial charge is 0.494 e. The van der Waals surface area contributed by atoms with Gasteiger partial charge in [0.15, 0.2) is 11.5 Å². The van der Waals surface area contributed by atoms with Gasteiger partial charge in [-0.05, 0) is 17.7 Å². The SMILES string of the molecule is COc1nc(-c2nnc(C(=O)NS(=O)(=O)Cc3ccccc3)n2-c2c(OC)cccc2OC)co1. The van der Waals surface area contributed by atoms with Gasteiger partial charge in [-0.1, -0.05) is 36.4 Å². The lowest BCUT2D eigenvalue weighted by molar-refractivity contribution is 0.0969. The molecule has 2 aromatic carbocycles. The molecule has 0 aliphatic heterocycles. The maximum absolute atomic E-state index is 13.2. The van der Waals surface area contributed by atoms with Crippen LogP contribution < -0.4 is 18.9 Å². The van der Waals surface area contributed by atoms with E-state index in [9.17, 15) is 13.2 Å². The zero-order chi connectivity index (χ0) is 25.0. The Morgan fingerprint density at radius 2 is 1.66 bits per heavy atom. The molecule has 0 unspecified atom stereocenters. The van der Waals surface area contributed by atoms with E-state index in [1.165, 1.54) is 32.2 Å². The molecule has 0 saturated carbocycles. The van der Waals surface area contributed by atoms with E-state index in [0.717, 1.165) is 0 Å². The summed E-state index contributed by atoms with van der Waals surface area (Å²) >= 11 is 0. The molecule has 0 saturated heterocycles. The fourth-order valence-corrected chi connectivity index (χ4v) is 4.41. The Bertz CT molecular complexity index is 1430. The molecular formula is C22H21N5O7S. The van der Waals surface area contributed by atoms with Crippen LogP contribution in [-0.4, -0.2) is 55.4 Å². The summed E-state index contributed by atoms with van der Waals surface area (Å²) in [6.07, 6.45) is 1.22. The Labute approximate surface area is 200 Å². The van der Waals surface area contributed by atoms with Crippen LogP contribution in [0.5, 0.6) is 17.6 Å². The van der Waals surface area contributed by atoms with Crippen LogP contribution in [0.1, 0.15) is 16.2 Å². The van der Waals surface area contributed by atoms with Gasteiger partial charge in [0.2, 0.25) is 15.8 Å². The van der Waals surface area contributed by atoms with E-state index in [1.807, 2.05) is 4.72 Å². The summed E-state index contributed by atoms with van der Waals surface area (Å²) in [6.45, 7) is 0. The van der Waals surface area contributed by atoms with E-state index in [4.69, 9.17) is 18.6 Å². The number of carbonyl (C=O) groups is 1. The number of hydrogen-bond donors (Lipinski definition) is 1. The number of ether oxygens (including phenoxy) is 3. The summed E-state index contributed by atoms with van der Waals surface area (Å²) in [5, 5.41) is 8.01. The van der Waals surface area contributed by atoms with E-state index < -0.39 is 21.7 Å². The van der Waals surface area contributed by atoms with Crippen LogP contribution in [0.2, 0.25) is 0 Å². The lowest BCUT2D eigenvalue weighted by Gasteiger charge is -2.16. The number of methoxy groups -OCH3 is 3. The number of hydrogen-bond acceptors (Lipinski definition) is 10. The van der Waals surface area contributed by atoms with Gasteiger partial charge in [0.05, 0.1) is 27.1 Å². The minimum Gasteiger partial charge on any atom is -0.494 e. The van der Waals surface area contributed by atoms with Gasteiger partial charge in [-0.3, -0.25) is 9.36 Å². The molecule has 0 bridgehead atoms. The smallest absolute Gasteiger partial charge is 0.393 e. The number of rotatable bonds is 9. The second-order valence-electron chi connectivity index (χ2n) is 7.07. The van der Waals surface area contributed by atoms with Gasteiger partial charge >= 0.3 is 12.0 Å². The topological polar surface area (TPSA) is 148 Å². The lowest BCUT2D eigenvalue weighted by atomic mass is 10.2. The van der Waals surface area contributed by atoms with Gasteiger partial charge in [0, 0.05) is 0 Å². The number of nitrogens with zero attached hydrogens (tertiary/aromatic N) is 4. The Morgan fingerprint density at radius 1 is 0.971 bits per heavy atom. The zero-order valence-corrected chi connectivity index (χ0v) is 19.8. The van der Waals surface area contributed by atoms with Gasteiger partial charge in [-0.25, -0.2) is 13.1 Å². The third-order valence-electron chi connectivity index (χ3n) is 4.83. The Kier molecular flexibility index (Phi) is 6.68. The van der Waals surface area contributed by atoms with Crippen molar-refractivity contribution in [1.82, 2.24) is 24.5 Å². The van der Waals surface area contributed by atoms with Crippen molar-refractivity contribution < 1.29 is 31.8 Å². The van der Waals surface area contributed by atoms with Crippen molar-refractivity contribution in [2.45, 2.75) is 5.75 Å². The first-order valence-electron chi connectivity index (χ1n) is 10.1. The van der Waals surface area contributed by atoms with Crippen molar-refractivity contribution in [2.24, 2.45) is 0 Å². The number of sulfonamides is 1. The van der Waals surface area contributed by atoms with Crippen LogP contribution in [-0.2, 0) is 15.8 Å². The van der Waals surface area contributed by atoms with Crippen molar-refractivity contribution in [3.05, 3.63) is 66.2 Å². The van der Waals surface area contributed by atoms with Crippen LogP contribution in [0.3, 0.4) is 0 Å². The number of benzene rings is 2. The lowest BCUT2D eigenvalue weighted by Crippen LogP contribution is -2.33. The molecule has 0 atom stereocenters. The second kappa shape index (κ2) is 9.85. The predicted molar refractivity (Wildman–Crippen MR) is 123 cm³/mol. The number of oxazole rings is 1. The highest BCUT2D eigenvalue weighted by Gasteiger charge is 2.29. The summed E-state index contributed by atoms with van der Waals surface area (Å²) in [4.78, 5) is 17.3. The first-order chi connectivity index (χ1) is 16.9. The number of carbonyl (C=O) groups excluding carboxylic acids is 1. The second-order valence-corrected chi connectivity index (χ2v) is 8.79. The molecule has 1 amide bonds. The van der Waals surface area contributed by atoms with E-state index >= 15 is 0 Å². The normalized spacial score (nSPS) is 11.2. The highest BCUT2D eigenvalue weighted by Crippen LogP contribution is 2.36. The molecule has 2 heterocycles. The zero-order valence-electron chi connectivity index (χ0n) is 19.0. The standard InChI is InChI=1S/C22H21N5O7S/c1-31-16-10-7-11-17(32-2)18(16)27-19(15-12-34-22(23-15)33-3)24-25-20(27)21(28)26-35(29,30)13-14-8-5-4-6-9-14/h4-12H,13H2,1-3H3,(H,26,28). The number of para-hydroxylation sites is 1. The molecule has 182 valence electrons. The fraction of sp³-hybridized carbons (Fsp3) is 0.182. The number of aromatic nitrogens is 4. The number of amides is 1. The van der Waals surface area contributed by atoms with Gasteiger partial charge < -0.3 is 18.6 Å². The van der Waals surface area contributed by atoms with Crippen LogP contribution >= 0.6 is 0 Å².